The quantitative estimate of drug-likeness (QED) is 0.753. The maximum Gasteiger partial charge on any atom is 0.128 e. The van der Waals surface area contributed by atoms with Gasteiger partial charge in [-0.2, -0.15) is 0 Å². The minimum absolute atomic E-state index is 0.234. The first kappa shape index (κ1) is 11.2. The van der Waals surface area contributed by atoms with Crippen LogP contribution in [0.5, 0.6) is 0 Å². The number of nitrogens with two attached hydrogens (primary N) is 1. The van der Waals surface area contributed by atoms with Crippen LogP contribution in [0.25, 0.3) is 0 Å². The summed E-state index contributed by atoms with van der Waals surface area (Å²) in [6.45, 7) is 4.01. The first-order chi connectivity index (χ1) is 7.58. The fourth-order valence-electron chi connectivity index (χ4n) is 2.38. The van der Waals surface area contributed by atoms with Gasteiger partial charge in [0.15, 0.2) is 0 Å². The zero-order valence-electron chi connectivity index (χ0n) is 9.89. The van der Waals surface area contributed by atoms with Gasteiger partial charge in [-0.3, -0.25) is 0 Å². The summed E-state index contributed by atoms with van der Waals surface area (Å²) in [5.41, 5.74) is 7.83. The van der Waals surface area contributed by atoms with E-state index in [1.165, 1.54) is 25.3 Å². The van der Waals surface area contributed by atoms with Crippen LogP contribution in [0.2, 0.25) is 0 Å². The van der Waals surface area contributed by atoms with E-state index in [0.717, 1.165) is 5.69 Å². The highest BCUT2D eigenvalue weighted by Crippen LogP contribution is 2.30. The highest BCUT2D eigenvalue weighted by atomic mass is 19.1. The Hall–Kier alpha value is -1.25. The number of nitrogen functional groups attached to an aromatic ring is 1. The summed E-state index contributed by atoms with van der Waals surface area (Å²) in [5, 5.41) is 3.44. The number of hydrogen-bond donors (Lipinski definition) is 2. The third-order valence-corrected chi connectivity index (χ3v) is 3.53. The molecule has 88 valence electrons. The SMILES string of the molecule is Cc1cc(NC2CCCC2C)c(N)cc1F. The average molecular weight is 222 g/mol. The number of nitrogens with one attached hydrogen (secondary N) is 1. The molecule has 0 heterocycles. The Balaban J connectivity index is 2.18. The molecule has 2 unspecified atom stereocenters. The van der Waals surface area contributed by atoms with E-state index in [-0.39, 0.29) is 5.82 Å². The number of benzene rings is 1. The zero-order chi connectivity index (χ0) is 11.7. The smallest absolute Gasteiger partial charge is 0.128 e. The molecule has 1 aromatic rings. The first-order valence-electron chi connectivity index (χ1n) is 5.90. The van der Waals surface area contributed by atoms with Crippen LogP contribution >= 0.6 is 0 Å². The van der Waals surface area contributed by atoms with Gasteiger partial charge in [-0.15, -0.1) is 0 Å². The topological polar surface area (TPSA) is 38.0 Å². The lowest BCUT2D eigenvalue weighted by molar-refractivity contribution is 0.556. The van der Waals surface area contributed by atoms with Gasteiger partial charge in [0, 0.05) is 6.04 Å². The molecule has 2 atom stereocenters. The molecule has 0 spiro atoms. The molecule has 3 N–H and O–H groups in total. The first-order valence-corrected chi connectivity index (χ1v) is 5.90. The van der Waals surface area contributed by atoms with E-state index < -0.39 is 0 Å². The van der Waals surface area contributed by atoms with Crippen molar-refractivity contribution < 1.29 is 4.39 Å². The van der Waals surface area contributed by atoms with Crippen LogP contribution in [-0.4, -0.2) is 6.04 Å². The summed E-state index contributed by atoms with van der Waals surface area (Å²) in [4.78, 5) is 0. The number of aryl methyl sites for hydroxylation is 1. The zero-order valence-corrected chi connectivity index (χ0v) is 9.89. The van der Waals surface area contributed by atoms with E-state index >= 15 is 0 Å². The standard InChI is InChI=1S/C13H19FN2/c1-8-4-3-5-12(8)16-13-6-9(2)10(14)7-11(13)15/h6-8,12,16H,3-5,15H2,1-2H3. The van der Waals surface area contributed by atoms with Gasteiger partial charge in [0.2, 0.25) is 0 Å². The fourth-order valence-corrected chi connectivity index (χ4v) is 2.38. The van der Waals surface area contributed by atoms with Crippen LogP contribution in [-0.2, 0) is 0 Å². The Kier molecular flexibility index (Phi) is 3.03. The second-order valence-electron chi connectivity index (χ2n) is 4.85. The van der Waals surface area contributed by atoms with Crippen LogP contribution in [0.4, 0.5) is 15.8 Å². The monoisotopic (exact) mass is 222 g/mol. The molecule has 2 rings (SSSR count). The van der Waals surface area contributed by atoms with Gasteiger partial charge in [-0.05, 0) is 43.4 Å². The highest BCUT2D eigenvalue weighted by molar-refractivity contribution is 5.67. The second kappa shape index (κ2) is 4.32. The molecule has 1 saturated carbocycles. The molecule has 0 bridgehead atoms. The molecule has 0 saturated heterocycles. The number of rotatable bonds is 2. The van der Waals surface area contributed by atoms with Gasteiger partial charge in [-0.1, -0.05) is 13.3 Å². The lowest BCUT2D eigenvalue weighted by Gasteiger charge is -2.20. The minimum atomic E-state index is -0.234. The van der Waals surface area contributed by atoms with E-state index in [4.69, 9.17) is 5.73 Å². The highest BCUT2D eigenvalue weighted by Gasteiger charge is 2.23. The predicted octanol–water partition coefficient (Wildman–Crippen LogP) is 3.32. The van der Waals surface area contributed by atoms with Crippen molar-refractivity contribution in [2.45, 2.75) is 39.2 Å². The van der Waals surface area contributed by atoms with Crippen LogP contribution < -0.4 is 11.1 Å². The molecule has 3 heteroatoms. The molecule has 1 aliphatic rings. The van der Waals surface area contributed by atoms with Crippen molar-refractivity contribution in [1.29, 1.82) is 0 Å². The minimum Gasteiger partial charge on any atom is -0.397 e. The van der Waals surface area contributed by atoms with Crippen LogP contribution in [0.15, 0.2) is 12.1 Å². The van der Waals surface area contributed by atoms with Crippen molar-refractivity contribution in [2.24, 2.45) is 5.92 Å². The summed E-state index contributed by atoms with van der Waals surface area (Å²) >= 11 is 0. The molecular weight excluding hydrogens is 203 g/mol. The summed E-state index contributed by atoms with van der Waals surface area (Å²) in [6.07, 6.45) is 3.70. The van der Waals surface area contributed by atoms with Crippen molar-refractivity contribution in [3.8, 4) is 0 Å². The maximum atomic E-state index is 13.2. The van der Waals surface area contributed by atoms with Crippen molar-refractivity contribution in [1.82, 2.24) is 0 Å². The summed E-state index contributed by atoms with van der Waals surface area (Å²) < 4.78 is 13.2. The summed E-state index contributed by atoms with van der Waals surface area (Å²) in [5.74, 6) is 0.437. The fraction of sp³-hybridized carbons (Fsp3) is 0.538. The molecule has 1 aliphatic carbocycles. The van der Waals surface area contributed by atoms with Crippen LogP contribution in [0, 0.1) is 18.7 Å². The van der Waals surface area contributed by atoms with Gasteiger partial charge in [0.05, 0.1) is 11.4 Å². The Morgan fingerprint density at radius 2 is 2.12 bits per heavy atom. The predicted molar refractivity (Wildman–Crippen MR) is 66.0 cm³/mol. The maximum absolute atomic E-state index is 13.2. The normalized spacial score (nSPS) is 24.7. The van der Waals surface area contributed by atoms with E-state index in [1.54, 1.807) is 13.0 Å². The van der Waals surface area contributed by atoms with Crippen molar-refractivity contribution in [3.63, 3.8) is 0 Å². The lowest BCUT2D eigenvalue weighted by Crippen LogP contribution is -2.22. The molecule has 0 aliphatic heterocycles. The molecule has 0 amide bonds. The van der Waals surface area contributed by atoms with E-state index in [1.807, 2.05) is 0 Å². The largest absolute Gasteiger partial charge is 0.397 e. The second-order valence-corrected chi connectivity index (χ2v) is 4.85. The molecule has 1 fully saturated rings. The third-order valence-electron chi connectivity index (χ3n) is 3.53. The van der Waals surface area contributed by atoms with Gasteiger partial charge in [-0.25, -0.2) is 4.39 Å². The van der Waals surface area contributed by atoms with E-state index in [0.29, 0.717) is 23.2 Å². The van der Waals surface area contributed by atoms with Gasteiger partial charge >= 0.3 is 0 Å². The molecule has 1 aromatic carbocycles. The summed E-state index contributed by atoms with van der Waals surface area (Å²) in [7, 11) is 0. The Morgan fingerprint density at radius 3 is 2.75 bits per heavy atom. The molecule has 0 aromatic heterocycles. The molecule has 16 heavy (non-hydrogen) atoms. The number of hydrogen-bond acceptors (Lipinski definition) is 2. The Morgan fingerprint density at radius 1 is 1.38 bits per heavy atom. The van der Waals surface area contributed by atoms with E-state index in [2.05, 4.69) is 12.2 Å². The average Bonchev–Trinajstić information content (AvgIpc) is 2.61. The van der Waals surface area contributed by atoms with Crippen LogP contribution in [0.3, 0.4) is 0 Å². The van der Waals surface area contributed by atoms with Gasteiger partial charge in [0.1, 0.15) is 5.82 Å². The Bertz CT molecular complexity index is 390. The molecular formula is C13H19FN2. The van der Waals surface area contributed by atoms with E-state index in [9.17, 15) is 4.39 Å². The molecule has 2 nitrogen and oxygen atoms in total. The van der Waals surface area contributed by atoms with Gasteiger partial charge in [0.25, 0.3) is 0 Å². The van der Waals surface area contributed by atoms with Crippen molar-refractivity contribution >= 4 is 11.4 Å². The van der Waals surface area contributed by atoms with Gasteiger partial charge < -0.3 is 11.1 Å². The summed E-state index contributed by atoms with van der Waals surface area (Å²) in [6, 6.07) is 3.68. The van der Waals surface area contributed by atoms with Crippen LogP contribution in [0.1, 0.15) is 31.7 Å². The van der Waals surface area contributed by atoms with Crippen molar-refractivity contribution in [3.05, 3.63) is 23.5 Å². The number of anilines is 2. The third kappa shape index (κ3) is 2.13. The molecule has 0 radical (unpaired) electrons. The number of halogens is 1. The Labute approximate surface area is 96.0 Å². The lowest BCUT2D eigenvalue weighted by atomic mass is 10.1. The van der Waals surface area contributed by atoms with Crippen molar-refractivity contribution in [2.75, 3.05) is 11.1 Å².